The Morgan fingerprint density at radius 1 is 1.13 bits per heavy atom. The fraction of sp³-hybridized carbons (Fsp3) is 0.448. The summed E-state index contributed by atoms with van der Waals surface area (Å²) in [4.78, 5) is 54.6. The first-order valence-electron chi connectivity index (χ1n) is 13.3. The Morgan fingerprint density at radius 3 is 2.55 bits per heavy atom. The zero-order valence-corrected chi connectivity index (χ0v) is 22.5. The van der Waals surface area contributed by atoms with Crippen LogP contribution in [-0.2, 0) is 39.3 Å². The van der Waals surface area contributed by atoms with Crippen LogP contribution < -0.4 is 10.6 Å². The number of fused-ring (bicyclic) bond motifs is 2. The molecular formula is C29H36N4O5. The van der Waals surface area contributed by atoms with E-state index in [2.05, 4.69) is 30.5 Å². The van der Waals surface area contributed by atoms with Gasteiger partial charge in [0, 0.05) is 37.3 Å². The molecule has 0 bridgehead atoms. The zero-order chi connectivity index (χ0) is 27.4. The number of benzene rings is 2. The summed E-state index contributed by atoms with van der Waals surface area (Å²) in [5.74, 6) is -0.804. The van der Waals surface area contributed by atoms with Gasteiger partial charge in [0.1, 0.15) is 6.54 Å². The van der Waals surface area contributed by atoms with Crippen LogP contribution in [0.25, 0.3) is 0 Å². The number of anilines is 1. The number of urea groups is 1. The molecule has 1 aliphatic heterocycles. The lowest BCUT2D eigenvalue weighted by molar-refractivity contribution is -0.143. The van der Waals surface area contributed by atoms with Crippen molar-refractivity contribution in [2.75, 3.05) is 18.9 Å². The van der Waals surface area contributed by atoms with Gasteiger partial charge in [-0.1, -0.05) is 50.6 Å². The highest BCUT2D eigenvalue weighted by atomic mass is 16.6. The molecule has 2 N–H and O–H groups in total. The van der Waals surface area contributed by atoms with E-state index >= 15 is 0 Å². The van der Waals surface area contributed by atoms with E-state index < -0.39 is 17.6 Å². The molecular weight excluding hydrogens is 484 g/mol. The number of rotatable bonds is 9. The van der Waals surface area contributed by atoms with Crippen molar-refractivity contribution in [1.29, 1.82) is 0 Å². The second-order valence-corrected chi connectivity index (χ2v) is 9.94. The summed E-state index contributed by atoms with van der Waals surface area (Å²) in [7, 11) is 1.52. The van der Waals surface area contributed by atoms with Gasteiger partial charge in [0.2, 0.25) is 11.5 Å². The molecule has 1 heterocycles. The minimum absolute atomic E-state index is 0.0569. The molecule has 2 aromatic carbocycles. The maximum absolute atomic E-state index is 13.7. The molecule has 5 amide bonds. The summed E-state index contributed by atoms with van der Waals surface area (Å²) < 4.78 is 5.71. The van der Waals surface area contributed by atoms with Crippen molar-refractivity contribution < 1.29 is 23.9 Å². The molecule has 2 atom stereocenters. The van der Waals surface area contributed by atoms with Crippen molar-refractivity contribution in [3.8, 4) is 0 Å². The van der Waals surface area contributed by atoms with Crippen LogP contribution in [0.4, 0.5) is 15.3 Å². The summed E-state index contributed by atoms with van der Waals surface area (Å²) in [6.45, 7) is 6.19. The number of nitrogens with zero attached hydrogens (tertiary/aromatic N) is 2. The highest BCUT2D eigenvalue weighted by Gasteiger charge is 2.58. The Bertz CT molecular complexity index is 1250. The van der Waals surface area contributed by atoms with Gasteiger partial charge >= 0.3 is 12.1 Å². The molecule has 0 radical (unpaired) electrons. The molecule has 2 aromatic rings. The second-order valence-electron chi connectivity index (χ2n) is 9.94. The van der Waals surface area contributed by atoms with Crippen LogP contribution in [0, 0.1) is 0 Å². The average molecular weight is 521 g/mol. The van der Waals surface area contributed by atoms with E-state index in [0.717, 1.165) is 40.9 Å². The fourth-order valence-corrected chi connectivity index (χ4v) is 5.45. The van der Waals surface area contributed by atoms with Gasteiger partial charge in [-0.3, -0.25) is 9.59 Å². The van der Waals surface area contributed by atoms with E-state index in [1.165, 1.54) is 7.05 Å². The van der Waals surface area contributed by atoms with E-state index in [1.54, 1.807) is 23.1 Å². The third-order valence-electron chi connectivity index (χ3n) is 7.54. The number of aryl methyl sites for hydroxylation is 2. The largest absolute Gasteiger partial charge is 0.427 e. The van der Waals surface area contributed by atoms with Gasteiger partial charge < -0.3 is 20.3 Å². The predicted octanol–water partition coefficient (Wildman–Crippen LogP) is 4.34. The quantitative estimate of drug-likeness (QED) is 0.512. The number of nitrogens with one attached hydrogen (secondary N) is 2. The maximum Gasteiger partial charge on any atom is 0.418 e. The Labute approximate surface area is 223 Å². The Balaban J connectivity index is 1.55. The molecule has 2 aliphatic rings. The summed E-state index contributed by atoms with van der Waals surface area (Å²) in [6, 6.07) is 12.8. The molecule has 1 saturated heterocycles. The number of hydrogen-bond acceptors (Lipinski definition) is 5. The topological polar surface area (TPSA) is 108 Å². The first kappa shape index (κ1) is 27.2. The summed E-state index contributed by atoms with van der Waals surface area (Å²) >= 11 is 0. The predicted molar refractivity (Wildman–Crippen MR) is 143 cm³/mol. The van der Waals surface area contributed by atoms with Crippen molar-refractivity contribution in [3.05, 3.63) is 64.7 Å². The van der Waals surface area contributed by atoms with Crippen LogP contribution >= 0.6 is 0 Å². The third-order valence-corrected chi connectivity index (χ3v) is 7.54. The molecule has 1 fully saturated rings. The van der Waals surface area contributed by atoms with Crippen LogP contribution in [0.5, 0.6) is 0 Å². The van der Waals surface area contributed by atoms with Gasteiger partial charge in [0.05, 0.1) is 0 Å². The van der Waals surface area contributed by atoms with Crippen LogP contribution in [0.15, 0.2) is 42.5 Å². The van der Waals surface area contributed by atoms with E-state index in [4.69, 9.17) is 4.74 Å². The first-order valence-corrected chi connectivity index (χ1v) is 13.3. The maximum atomic E-state index is 13.7. The molecule has 0 saturated carbocycles. The van der Waals surface area contributed by atoms with Gasteiger partial charge in [-0.2, -0.15) is 0 Å². The number of amides is 5. The lowest BCUT2D eigenvalue weighted by atomic mass is 9.94. The van der Waals surface area contributed by atoms with Crippen LogP contribution in [0.2, 0.25) is 0 Å². The molecule has 4 rings (SSSR count). The van der Waals surface area contributed by atoms with Crippen molar-refractivity contribution in [1.82, 2.24) is 15.1 Å². The van der Waals surface area contributed by atoms with E-state index in [9.17, 15) is 19.2 Å². The van der Waals surface area contributed by atoms with E-state index in [0.29, 0.717) is 30.6 Å². The molecule has 9 heteroatoms. The SMILES string of the molecule is CCC[C@@H](C)N(Cc1ccccc1CC)C(=O)CN1C(=O)O[C@]2(CCc3cc(NC(=O)NC)ccc32)C1=O. The van der Waals surface area contributed by atoms with Crippen molar-refractivity contribution in [2.24, 2.45) is 0 Å². The lowest BCUT2D eigenvalue weighted by Gasteiger charge is -2.31. The zero-order valence-electron chi connectivity index (χ0n) is 22.5. The normalized spacial score (nSPS) is 18.8. The minimum atomic E-state index is -1.44. The minimum Gasteiger partial charge on any atom is -0.427 e. The Kier molecular flexibility index (Phi) is 8.04. The number of imide groups is 1. The number of carbonyl (C=O) groups is 4. The Hall–Kier alpha value is -3.88. The number of carbonyl (C=O) groups excluding carboxylic acids is 4. The molecule has 1 aliphatic carbocycles. The van der Waals surface area contributed by atoms with E-state index in [1.807, 2.05) is 25.1 Å². The number of ether oxygens (including phenoxy) is 1. The summed E-state index contributed by atoms with van der Waals surface area (Å²) in [6.07, 6.45) is 2.55. The summed E-state index contributed by atoms with van der Waals surface area (Å²) in [5, 5.41) is 5.21. The molecule has 0 aromatic heterocycles. The van der Waals surface area contributed by atoms with Gasteiger partial charge in [-0.15, -0.1) is 0 Å². The number of hydrogen-bond donors (Lipinski definition) is 2. The fourth-order valence-electron chi connectivity index (χ4n) is 5.45. The molecule has 9 nitrogen and oxygen atoms in total. The van der Waals surface area contributed by atoms with Crippen molar-refractivity contribution in [2.45, 2.75) is 71.1 Å². The van der Waals surface area contributed by atoms with Gasteiger partial charge in [-0.05, 0) is 55.0 Å². The molecule has 1 spiro atoms. The van der Waals surface area contributed by atoms with Crippen molar-refractivity contribution in [3.63, 3.8) is 0 Å². The van der Waals surface area contributed by atoms with Gasteiger partial charge in [0.25, 0.3) is 5.91 Å². The Morgan fingerprint density at radius 2 is 1.87 bits per heavy atom. The van der Waals surface area contributed by atoms with Gasteiger partial charge in [0.15, 0.2) is 0 Å². The first-order chi connectivity index (χ1) is 18.2. The van der Waals surface area contributed by atoms with Crippen LogP contribution in [0.1, 0.15) is 62.3 Å². The average Bonchev–Trinajstić information content (AvgIpc) is 3.39. The highest BCUT2D eigenvalue weighted by molar-refractivity contribution is 6.06. The lowest BCUT2D eigenvalue weighted by Crippen LogP contribution is -2.47. The van der Waals surface area contributed by atoms with E-state index in [-0.39, 0.29) is 24.5 Å². The molecule has 0 unspecified atom stereocenters. The highest BCUT2D eigenvalue weighted by Crippen LogP contribution is 2.46. The second kappa shape index (κ2) is 11.2. The van der Waals surface area contributed by atoms with Crippen LogP contribution in [0.3, 0.4) is 0 Å². The van der Waals surface area contributed by atoms with Crippen molar-refractivity contribution >= 4 is 29.6 Å². The molecule has 202 valence electrons. The van der Waals surface area contributed by atoms with Gasteiger partial charge in [-0.25, -0.2) is 14.5 Å². The molecule has 38 heavy (non-hydrogen) atoms. The smallest absolute Gasteiger partial charge is 0.418 e. The summed E-state index contributed by atoms with van der Waals surface area (Å²) in [5.41, 5.74) is 2.79. The van der Waals surface area contributed by atoms with Crippen LogP contribution in [-0.4, -0.2) is 53.4 Å². The standard InChI is InChI=1S/C29H36N4O5/c1-5-9-19(3)32(17-22-11-8-7-10-20(22)6-2)25(34)18-33-26(35)29(38-28(33)37)15-14-21-16-23(12-13-24(21)29)31-27(36)30-4/h7-8,10-13,16,19H,5-6,9,14-15,17-18H2,1-4H3,(H2,30,31,36)/t19-,29+/m1/s1. The monoisotopic (exact) mass is 520 g/mol. The third kappa shape index (κ3) is 5.10.